The fraction of sp³-hybridized carbons (Fsp3) is 0.647. The van der Waals surface area contributed by atoms with Crippen LogP contribution in [0.25, 0.3) is 10.2 Å². The van der Waals surface area contributed by atoms with E-state index in [1.807, 2.05) is 11.3 Å². The second-order valence-electron chi connectivity index (χ2n) is 6.98. The first kappa shape index (κ1) is 14.1. The molecule has 3 heterocycles. The molecule has 122 valence electrons. The SMILES string of the molecule is C1Cc2sc3nc(C[NH+]4CCOCC4)nc(NC4CC4)c3c2C1. The highest BCUT2D eigenvalue weighted by molar-refractivity contribution is 7.19. The Morgan fingerprint density at radius 1 is 1.17 bits per heavy atom. The van der Waals surface area contributed by atoms with Crippen LogP contribution in [0.4, 0.5) is 5.82 Å². The molecule has 0 bridgehead atoms. The zero-order valence-electron chi connectivity index (χ0n) is 13.4. The molecule has 0 atom stereocenters. The van der Waals surface area contributed by atoms with Crippen LogP contribution in [0.15, 0.2) is 0 Å². The van der Waals surface area contributed by atoms with Gasteiger partial charge in [0.05, 0.1) is 18.6 Å². The van der Waals surface area contributed by atoms with Gasteiger partial charge in [-0.25, -0.2) is 9.97 Å². The van der Waals surface area contributed by atoms with Gasteiger partial charge in [-0.1, -0.05) is 0 Å². The van der Waals surface area contributed by atoms with Crippen molar-refractivity contribution in [1.29, 1.82) is 0 Å². The molecule has 0 amide bonds. The zero-order chi connectivity index (χ0) is 15.2. The predicted octanol–water partition coefficient (Wildman–Crippen LogP) is 1.17. The van der Waals surface area contributed by atoms with Crippen LogP contribution >= 0.6 is 11.3 Å². The molecule has 0 unspecified atom stereocenters. The molecular formula is C17H23N4OS+. The molecule has 2 N–H and O–H groups in total. The number of aromatic nitrogens is 2. The predicted molar refractivity (Wildman–Crippen MR) is 91.3 cm³/mol. The second kappa shape index (κ2) is 5.69. The maximum atomic E-state index is 5.46. The van der Waals surface area contributed by atoms with Crippen molar-refractivity contribution in [1.82, 2.24) is 9.97 Å². The van der Waals surface area contributed by atoms with E-state index in [1.165, 1.54) is 52.8 Å². The average Bonchev–Trinajstić information content (AvgIpc) is 3.13. The highest BCUT2D eigenvalue weighted by atomic mass is 32.1. The number of nitrogens with zero attached hydrogens (tertiary/aromatic N) is 2. The van der Waals surface area contributed by atoms with Crippen molar-refractivity contribution in [3.63, 3.8) is 0 Å². The van der Waals surface area contributed by atoms with E-state index >= 15 is 0 Å². The van der Waals surface area contributed by atoms with Gasteiger partial charge in [-0.05, 0) is 37.7 Å². The minimum absolute atomic E-state index is 0.633. The summed E-state index contributed by atoms with van der Waals surface area (Å²) in [5.41, 5.74) is 1.53. The van der Waals surface area contributed by atoms with Crippen molar-refractivity contribution < 1.29 is 9.64 Å². The zero-order valence-corrected chi connectivity index (χ0v) is 14.2. The number of quaternary nitrogens is 1. The molecule has 1 saturated carbocycles. The summed E-state index contributed by atoms with van der Waals surface area (Å²) in [5.74, 6) is 2.11. The number of morpholine rings is 1. The monoisotopic (exact) mass is 331 g/mol. The van der Waals surface area contributed by atoms with E-state index in [0.717, 1.165) is 44.5 Å². The summed E-state index contributed by atoms with van der Waals surface area (Å²) in [6, 6.07) is 0.633. The van der Waals surface area contributed by atoms with Gasteiger partial charge in [0.1, 0.15) is 30.3 Å². The van der Waals surface area contributed by atoms with E-state index in [4.69, 9.17) is 14.7 Å². The summed E-state index contributed by atoms with van der Waals surface area (Å²) in [5, 5.41) is 5.00. The smallest absolute Gasteiger partial charge is 0.187 e. The number of ether oxygens (including phenoxy) is 1. The van der Waals surface area contributed by atoms with E-state index in [2.05, 4.69) is 5.32 Å². The van der Waals surface area contributed by atoms with Crippen LogP contribution in [-0.4, -0.2) is 42.3 Å². The molecule has 2 aromatic heterocycles. The topological polar surface area (TPSA) is 51.5 Å². The molecule has 5 rings (SSSR count). The van der Waals surface area contributed by atoms with Crippen molar-refractivity contribution in [2.75, 3.05) is 31.6 Å². The van der Waals surface area contributed by atoms with Gasteiger partial charge in [0.2, 0.25) is 0 Å². The Balaban J connectivity index is 1.52. The van der Waals surface area contributed by atoms with E-state index in [9.17, 15) is 0 Å². The molecule has 6 heteroatoms. The van der Waals surface area contributed by atoms with Crippen molar-refractivity contribution in [3.8, 4) is 0 Å². The number of hydrogen-bond donors (Lipinski definition) is 2. The number of nitrogens with one attached hydrogen (secondary N) is 2. The Morgan fingerprint density at radius 3 is 2.87 bits per heavy atom. The van der Waals surface area contributed by atoms with E-state index in [0.29, 0.717) is 6.04 Å². The fourth-order valence-corrected chi connectivity index (χ4v) is 4.99. The second-order valence-corrected chi connectivity index (χ2v) is 8.07. The third kappa shape index (κ3) is 2.73. The van der Waals surface area contributed by atoms with Gasteiger partial charge in [0.15, 0.2) is 5.82 Å². The maximum Gasteiger partial charge on any atom is 0.187 e. The largest absolute Gasteiger partial charge is 0.370 e. The van der Waals surface area contributed by atoms with E-state index in [-0.39, 0.29) is 0 Å². The van der Waals surface area contributed by atoms with Gasteiger partial charge in [-0.2, -0.15) is 0 Å². The standard InChI is InChI=1S/C17H22N4OS/c1-2-12-13(3-1)23-17-15(12)16(18-11-4-5-11)19-14(20-17)10-21-6-8-22-9-7-21/h11H,1-10H2,(H,18,19,20)/p+1. The fourth-order valence-electron chi connectivity index (χ4n) is 3.70. The molecular weight excluding hydrogens is 308 g/mol. The summed E-state index contributed by atoms with van der Waals surface area (Å²) in [6.45, 7) is 4.76. The van der Waals surface area contributed by atoms with Crippen LogP contribution < -0.4 is 10.2 Å². The highest BCUT2D eigenvalue weighted by Gasteiger charge is 2.27. The Hall–Kier alpha value is -1.24. The van der Waals surface area contributed by atoms with Crippen molar-refractivity contribution in [3.05, 3.63) is 16.3 Å². The molecule has 0 spiro atoms. The summed E-state index contributed by atoms with van der Waals surface area (Å²) in [4.78, 5) is 14.2. The molecule has 5 nitrogen and oxygen atoms in total. The Kier molecular flexibility index (Phi) is 3.49. The first-order chi connectivity index (χ1) is 11.4. The van der Waals surface area contributed by atoms with Gasteiger partial charge in [0, 0.05) is 10.9 Å². The lowest BCUT2D eigenvalue weighted by Gasteiger charge is -2.23. The first-order valence-corrected chi connectivity index (χ1v) is 9.67. The molecule has 1 aliphatic heterocycles. The highest BCUT2D eigenvalue weighted by Crippen LogP contribution is 2.40. The molecule has 1 saturated heterocycles. The normalized spacial score (nSPS) is 21.7. The van der Waals surface area contributed by atoms with Gasteiger partial charge < -0.3 is 15.0 Å². The van der Waals surface area contributed by atoms with E-state index < -0.39 is 0 Å². The maximum absolute atomic E-state index is 5.46. The number of fused-ring (bicyclic) bond motifs is 3. The van der Waals surface area contributed by atoms with Gasteiger partial charge >= 0.3 is 0 Å². The van der Waals surface area contributed by atoms with Crippen LogP contribution in [0, 0.1) is 0 Å². The van der Waals surface area contributed by atoms with Crippen LogP contribution in [0.5, 0.6) is 0 Å². The Morgan fingerprint density at radius 2 is 2.04 bits per heavy atom. The number of thiophene rings is 1. The van der Waals surface area contributed by atoms with Crippen LogP contribution in [0.2, 0.25) is 0 Å². The molecule has 2 aromatic rings. The molecule has 0 aromatic carbocycles. The summed E-state index contributed by atoms with van der Waals surface area (Å²) < 4.78 is 5.46. The summed E-state index contributed by atoms with van der Waals surface area (Å²) >= 11 is 1.90. The quantitative estimate of drug-likeness (QED) is 0.883. The minimum atomic E-state index is 0.633. The van der Waals surface area contributed by atoms with E-state index in [1.54, 1.807) is 4.88 Å². The molecule has 2 aliphatic carbocycles. The average molecular weight is 331 g/mol. The number of rotatable bonds is 4. The number of aryl methyl sites for hydroxylation is 2. The number of hydrogen-bond acceptors (Lipinski definition) is 5. The lowest BCUT2D eigenvalue weighted by Crippen LogP contribution is -3.12. The molecule has 0 radical (unpaired) electrons. The van der Waals surface area contributed by atoms with Crippen LogP contribution in [0.3, 0.4) is 0 Å². The van der Waals surface area contributed by atoms with Gasteiger partial charge in [-0.3, -0.25) is 0 Å². The lowest BCUT2D eigenvalue weighted by atomic mass is 10.2. The molecule has 3 aliphatic rings. The summed E-state index contributed by atoms with van der Waals surface area (Å²) in [7, 11) is 0. The Bertz CT molecular complexity index is 734. The minimum Gasteiger partial charge on any atom is -0.370 e. The van der Waals surface area contributed by atoms with Crippen molar-refractivity contribution in [2.24, 2.45) is 0 Å². The first-order valence-electron chi connectivity index (χ1n) is 8.86. The number of anilines is 1. The molecule has 2 fully saturated rings. The third-order valence-corrected chi connectivity index (χ3v) is 6.32. The van der Waals surface area contributed by atoms with Gasteiger partial charge in [-0.15, -0.1) is 11.3 Å². The Labute approximate surface area is 140 Å². The molecule has 23 heavy (non-hydrogen) atoms. The van der Waals surface area contributed by atoms with Crippen LogP contribution in [-0.2, 0) is 24.1 Å². The van der Waals surface area contributed by atoms with Crippen molar-refractivity contribution in [2.45, 2.75) is 44.7 Å². The van der Waals surface area contributed by atoms with Crippen molar-refractivity contribution >= 4 is 27.4 Å². The lowest BCUT2D eigenvalue weighted by molar-refractivity contribution is -0.922. The third-order valence-electron chi connectivity index (χ3n) is 5.14. The van der Waals surface area contributed by atoms with Crippen LogP contribution in [0.1, 0.15) is 35.5 Å². The summed E-state index contributed by atoms with van der Waals surface area (Å²) in [6.07, 6.45) is 6.28. The van der Waals surface area contributed by atoms with Gasteiger partial charge in [0.25, 0.3) is 0 Å².